The second-order valence-corrected chi connectivity index (χ2v) is 9.23. The molecule has 1 aromatic rings. The molecule has 1 amide bonds. The van der Waals surface area contributed by atoms with Gasteiger partial charge < -0.3 is 9.47 Å². The van der Waals surface area contributed by atoms with Crippen molar-refractivity contribution in [3.63, 3.8) is 0 Å². The molecule has 1 aromatic carbocycles. The van der Waals surface area contributed by atoms with Crippen LogP contribution in [0, 0.1) is 0 Å². The summed E-state index contributed by atoms with van der Waals surface area (Å²) in [5.41, 5.74) is 0.882. The van der Waals surface area contributed by atoms with Gasteiger partial charge in [-0.3, -0.25) is 9.69 Å². The molecule has 0 aromatic heterocycles. The van der Waals surface area contributed by atoms with Gasteiger partial charge >= 0.3 is 0 Å². The lowest BCUT2D eigenvalue weighted by Crippen LogP contribution is -2.35. The van der Waals surface area contributed by atoms with Crippen molar-refractivity contribution in [3.05, 3.63) is 44.2 Å². The molecule has 3 rings (SSSR count). The van der Waals surface area contributed by atoms with E-state index in [0.717, 1.165) is 34.0 Å². The van der Waals surface area contributed by atoms with Gasteiger partial charge in [-0.15, -0.1) is 0 Å². The Hall–Kier alpha value is -0.670. The Kier molecular flexibility index (Phi) is 6.96. The van der Waals surface area contributed by atoms with Crippen LogP contribution in [-0.2, 0) is 9.53 Å². The fraction of sp³-hybridized carbons (Fsp3) is 0.333. The highest BCUT2D eigenvalue weighted by Crippen LogP contribution is 2.38. The summed E-state index contributed by atoms with van der Waals surface area (Å²) < 4.78 is 13.4. The molecule has 2 aliphatic rings. The van der Waals surface area contributed by atoms with Gasteiger partial charge in [-0.05, 0) is 68.5 Å². The molecule has 0 aliphatic carbocycles. The van der Waals surface area contributed by atoms with Crippen molar-refractivity contribution in [2.24, 2.45) is 0 Å². The van der Waals surface area contributed by atoms with Crippen molar-refractivity contribution in [1.82, 2.24) is 4.90 Å². The zero-order valence-corrected chi connectivity index (χ0v) is 18.7. The summed E-state index contributed by atoms with van der Waals surface area (Å²) in [7, 11) is 0. The molecular formula is C18H17Br2NO3S2. The highest BCUT2D eigenvalue weighted by atomic mass is 79.9. The second kappa shape index (κ2) is 9.01. The molecule has 0 unspecified atom stereocenters. The van der Waals surface area contributed by atoms with Gasteiger partial charge in [0.25, 0.3) is 5.91 Å². The molecule has 0 bridgehead atoms. The number of hydrogen-bond donors (Lipinski definition) is 0. The van der Waals surface area contributed by atoms with E-state index >= 15 is 0 Å². The number of hydrogen-bond acceptors (Lipinski definition) is 5. The van der Waals surface area contributed by atoms with Crippen LogP contribution in [0.15, 0.2) is 38.6 Å². The summed E-state index contributed by atoms with van der Waals surface area (Å²) in [5, 5.41) is 0. The van der Waals surface area contributed by atoms with Gasteiger partial charge in [0.1, 0.15) is 16.7 Å². The minimum atomic E-state index is -0.0604. The third-order valence-corrected chi connectivity index (χ3v) is 6.50. The number of amides is 1. The first kappa shape index (κ1) is 20.1. The fourth-order valence-corrected chi connectivity index (χ4v) is 5.47. The molecule has 0 spiro atoms. The largest absolute Gasteiger partial charge is 0.487 e. The van der Waals surface area contributed by atoms with E-state index in [1.807, 2.05) is 18.2 Å². The molecule has 0 radical (unpaired) electrons. The standard InChI is InChI=1S/C18H17Br2NO3S2/c1-2-5-24-16-13(19)7-11(8-14(16)20)9-15-17(22)21(18(25)26-15)10-12-4-3-6-23-12/h2,7-9,12H,1,3-6,10H2/b15-9-/t12-/m0/s1. The third-order valence-electron chi connectivity index (χ3n) is 3.95. The Morgan fingerprint density at radius 3 is 2.77 bits per heavy atom. The van der Waals surface area contributed by atoms with Gasteiger partial charge in [0.15, 0.2) is 0 Å². The number of halogens is 2. The molecule has 2 fully saturated rings. The summed E-state index contributed by atoms with van der Waals surface area (Å²) in [6.07, 6.45) is 5.63. The number of rotatable bonds is 6. The van der Waals surface area contributed by atoms with Crippen molar-refractivity contribution in [3.8, 4) is 5.75 Å². The average molecular weight is 519 g/mol. The van der Waals surface area contributed by atoms with Crippen LogP contribution in [0.25, 0.3) is 6.08 Å². The molecular weight excluding hydrogens is 502 g/mol. The zero-order valence-electron chi connectivity index (χ0n) is 13.9. The lowest BCUT2D eigenvalue weighted by Gasteiger charge is -2.18. The predicted octanol–water partition coefficient (Wildman–Crippen LogP) is 5.16. The topological polar surface area (TPSA) is 38.8 Å². The number of benzene rings is 1. The summed E-state index contributed by atoms with van der Waals surface area (Å²) in [5.74, 6) is 0.641. The van der Waals surface area contributed by atoms with Crippen LogP contribution in [0.4, 0.5) is 0 Å². The van der Waals surface area contributed by atoms with E-state index in [1.54, 1.807) is 11.0 Å². The van der Waals surface area contributed by atoms with E-state index in [1.165, 1.54) is 11.8 Å². The molecule has 2 aliphatic heterocycles. The van der Waals surface area contributed by atoms with Crippen LogP contribution in [0.1, 0.15) is 18.4 Å². The zero-order chi connectivity index (χ0) is 18.7. The van der Waals surface area contributed by atoms with E-state index in [2.05, 4.69) is 38.4 Å². The lowest BCUT2D eigenvalue weighted by atomic mass is 10.2. The number of ether oxygens (including phenoxy) is 2. The van der Waals surface area contributed by atoms with Gasteiger partial charge in [0.05, 0.1) is 26.5 Å². The van der Waals surface area contributed by atoms with Gasteiger partial charge in [0.2, 0.25) is 0 Å². The minimum Gasteiger partial charge on any atom is -0.487 e. The van der Waals surface area contributed by atoms with Crippen LogP contribution < -0.4 is 4.74 Å². The maximum atomic E-state index is 12.7. The van der Waals surface area contributed by atoms with E-state index in [9.17, 15) is 4.79 Å². The van der Waals surface area contributed by atoms with Gasteiger partial charge in [-0.1, -0.05) is 36.6 Å². The fourth-order valence-electron chi connectivity index (χ4n) is 2.74. The number of thioether (sulfide) groups is 1. The Labute approximate surface area is 179 Å². The molecule has 1 atom stereocenters. The first-order valence-corrected chi connectivity index (χ1v) is 10.9. The van der Waals surface area contributed by atoms with Crippen molar-refractivity contribution < 1.29 is 14.3 Å². The van der Waals surface area contributed by atoms with Crippen molar-refractivity contribution >= 4 is 72.1 Å². The van der Waals surface area contributed by atoms with E-state index < -0.39 is 0 Å². The Morgan fingerprint density at radius 1 is 1.42 bits per heavy atom. The maximum absolute atomic E-state index is 12.7. The normalized spacial score (nSPS) is 21.7. The number of thiocarbonyl (C=S) groups is 1. The van der Waals surface area contributed by atoms with Crippen LogP contribution in [-0.4, -0.2) is 41.0 Å². The third kappa shape index (κ3) is 4.59. The van der Waals surface area contributed by atoms with Crippen LogP contribution >= 0.6 is 55.8 Å². The van der Waals surface area contributed by atoms with Crippen LogP contribution in [0.3, 0.4) is 0 Å². The quantitative estimate of drug-likeness (QED) is 0.295. The number of carbonyl (C=O) groups is 1. The van der Waals surface area contributed by atoms with Gasteiger partial charge in [-0.2, -0.15) is 0 Å². The van der Waals surface area contributed by atoms with Gasteiger partial charge in [0, 0.05) is 6.61 Å². The molecule has 8 heteroatoms. The molecule has 0 N–H and O–H groups in total. The Morgan fingerprint density at radius 2 is 2.15 bits per heavy atom. The SMILES string of the molecule is C=CCOc1c(Br)cc(/C=C2\SC(=S)N(C[C@@H]3CCCO3)C2=O)cc1Br. The lowest BCUT2D eigenvalue weighted by molar-refractivity contribution is -0.123. The summed E-state index contributed by atoms with van der Waals surface area (Å²) in [4.78, 5) is 15.0. The molecule has 0 saturated carbocycles. The van der Waals surface area contributed by atoms with Crippen LogP contribution in [0.5, 0.6) is 5.75 Å². The number of carbonyl (C=O) groups excluding carboxylic acids is 1. The summed E-state index contributed by atoms with van der Waals surface area (Å²) in [6.45, 7) is 5.36. The van der Waals surface area contributed by atoms with Crippen LogP contribution in [0.2, 0.25) is 0 Å². The van der Waals surface area contributed by atoms with Crippen molar-refractivity contribution in [2.45, 2.75) is 18.9 Å². The molecule has 4 nitrogen and oxygen atoms in total. The minimum absolute atomic E-state index is 0.0604. The number of nitrogens with zero attached hydrogens (tertiary/aromatic N) is 1. The smallest absolute Gasteiger partial charge is 0.266 e. The van der Waals surface area contributed by atoms with E-state index in [0.29, 0.717) is 28.1 Å². The summed E-state index contributed by atoms with van der Waals surface area (Å²) in [6, 6.07) is 3.83. The Balaban J connectivity index is 1.78. The highest BCUT2D eigenvalue weighted by Gasteiger charge is 2.34. The molecule has 2 saturated heterocycles. The van der Waals surface area contributed by atoms with Crippen molar-refractivity contribution in [2.75, 3.05) is 19.8 Å². The monoisotopic (exact) mass is 517 g/mol. The maximum Gasteiger partial charge on any atom is 0.266 e. The average Bonchev–Trinajstić information content (AvgIpc) is 3.19. The van der Waals surface area contributed by atoms with Gasteiger partial charge in [-0.25, -0.2) is 0 Å². The van der Waals surface area contributed by atoms with E-state index in [4.69, 9.17) is 21.7 Å². The molecule has 26 heavy (non-hydrogen) atoms. The summed E-state index contributed by atoms with van der Waals surface area (Å²) >= 11 is 13.7. The highest BCUT2D eigenvalue weighted by molar-refractivity contribution is 9.11. The molecule has 2 heterocycles. The Bertz CT molecular complexity index is 753. The first-order chi connectivity index (χ1) is 12.5. The second-order valence-electron chi connectivity index (χ2n) is 5.84. The van der Waals surface area contributed by atoms with Crippen molar-refractivity contribution in [1.29, 1.82) is 0 Å². The first-order valence-electron chi connectivity index (χ1n) is 8.09. The van der Waals surface area contributed by atoms with E-state index in [-0.39, 0.29) is 12.0 Å². The predicted molar refractivity (Wildman–Crippen MR) is 116 cm³/mol. The molecule has 138 valence electrons.